The zero-order valence-electron chi connectivity index (χ0n) is 16.2. The molecule has 8 nitrogen and oxygen atoms in total. The van der Waals surface area contributed by atoms with Crippen molar-refractivity contribution in [3.8, 4) is 12.1 Å². The summed E-state index contributed by atoms with van der Waals surface area (Å²) in [5.74, 6) is 0.783. The summed E-state index contributed by atoms with van der Waals surface area (Å²) in [5.41, 5.74) is 1.54. The van der Waals surface area contributed by atoms with Crippen molar-refractivity contribution in [2.45, 2.75) is 25.3 Å². The summed E-state index contributed by atoms with van der Waals surface area (Å²) in [4.78, 5) is 23.7. The third-order valence-corrected chi connectivity index (χ3v) is 5.43. The fourth-order valence-electron chi connectivity index (χ4n) is 3.87. The quantitative estimate of drug-likeness (QED) is 0.796. The molecule has 4 rings (SSSR count). The van der Waals surface area contributed by atoms with Gasteiger partial charge in [-0.05, 0) is 36.6 Å². The van der Waals surface area contributed by atoms with Crippen LogP contribution < -0.4 is 9.64 Å². The van der Waals surface area contributed by atoms with Gasteiger partial charge in [-0.2, -0.15) is 15.3 Å². The van der Waals surface area contributed by atoms with Crippen LogP contribution in [-0.2, 0) is 4.79 Å². The van der Waals surface area contributed by atoms with Gasteiger partial charge in [0, 0.05) is 37.8 Å². The van der Waals surface area contributed by atoms with Gasteiger partial charge in [-0.3, -0.25) is 4.79 Å². The normalized spacial score (nSPS) is 19.2. The molecular formula is C21H22N6O2. The molecule has 2 aromatic rings. The smallest absolute Gasteiger partial charge is 0.318 e. The molecule has 0 spiro atoms. The highest BCUT2D eigenvalue weighted by atomic mass is 16.5. The van der Waals surface area contributed by atoms with Gasteiger partial charge in [0.05, 0.1) is 24.8 Å². The van der Waals surface area contributed by atoms with Crippen molar-refractivity contribution in [1.29, 1.82) is 5.26 Å². The zero-order chi connectivity index (χ0) is 20.2. The van der Waals surface area contributed by atoms with Gasteiger partial charge >= 0.3 is 6.01 Å². The number of nitriles is 1. The van der Waals surface area contributed by atoms with Crippen molar-refractivity contribution in [1.82, 2.24) is 15.0 Å². The Morgan fingerprint density at radius 2 is 2.10 bits per heavy atom. The molecule has 148 valence electrons. The van der Waals surface area contributed by atoms with Gasteiger partial charge in [0.1, 0.15) is 5.82 Å². The monoisotopic (exact) mass is 390 g/mol. The number of amides is 1. The molecular weight excluding hydrogens is 368 g/mol. The number of carbonyl (C=O) groups is 1. The zero-order valence-corrected chi connectivity index (χ0v) is 16.2. The molecule has 1 atom stereocenters. The van der Waals surface area contributed by atoms with Crippen molar-refractivity contribution in [3.05, 3.63) is 47.7 Å². The number of ether oxygens (including phenoxy) is 1. The average Bonchev–Trinajstić information content (AvgIpc) is 3.29. The number of hydrogen-bond acceptors (Lipinski definition) is 7. The second kappa shape index (κ2) is 8.27. The Hall–Kier alpha value is -3.47. The van der Waals surface area contributed by atoms with Crippen LogP contribution in [0.5, 0.6) is 6.01 Å². The second-order valence-electron chi connectivity index (χ2n) is 7.13. The number of hydrogen-bond donors (Lipinski definition) is 0. The largest absolute Gasteiger partial charge is 0.467 e. The van der Waals surface area contributed by atoms with Crippen LogP contribution in [0.4, 0.5) is 5.82 Å². The van der Waals surface area contributed by atoms with Crippen LogP contribution in [0, 0.1) is 17.2 Å². The van der Waals surface area contributed by atoms with Crippen molar-refractivity contribution < 1.29 is 9.53 Å². The molecule has 3 heterocycles. The first kappa shape index (κ1) is 18.9. The Morgan fingerprint density at radius 3 is 2.86 bits per heavy atom. The van der Waals surface area contributed by atoms with Gasteiger partial charge in [-0.15, -0.1) is 0 Å². The third kappa shape index (κ3) is 3.90. The Kier molecular flexibility index (Phi) is 5.38. The molecule has 0 unspecified atom stereocenters. The number of benzene rings is 1. The lowest BCUT2D eigenvalue weighted by atomic mass is 9.94. The first-order chi connectivity index (χ1) is 14.2. The molecule has 0 bridgehead atoms. The lowest BCUT2D eigenvalue weighted by molar-refractivity contribution is -0.138. The molecule has 1 fully saturated rings. The van der Waals surface area contributed by atoms with E-state index in [1.54, 1.807) is 30.6 Å². The van der Waals surface area contributed by atoms with E-state index >= 15 is 0 Å². The number of hydrazone groups is 1. The molecule has 0 radical (unpaired) electrons. The first-order valence-electron chi connectivity index (χ1n) is 9.67. The molecule has 1 saturated heterocycles. The molecule has 0 N–H and O–H groups in total. The minimum atomic E-state index is -0.139. The number of methoxy groups -OCH3 is 1. The van der Waals surface area contributed by atoms with E-state index in [4.69, 9.17) is 10.00 Å². The summed E-state index contributed by atoms with van der Waals surface area (Å²) in [7, 11) is 1.54. The molecule has 29 heavy (non-hydrogen) atoms. The average molecular weight is 390 g/mol. The van der Waals surface area contributed by atoms with Crippen LogP contribution in [0.25, 0.3) is 0 Å². The topological polar surface area (TPSA) is 94.7 Å². The van der Waals surface area contributed by atoms with Crippen LogP contribution in [0.3, 0.4) is 0 Å². The second-order valence-corrected chi connectivity index (χ2v) is 7.13. The Balaban J connectivity index is 1.42. The number of piperidine rings is 1. The van der Waals surface area contributed by atoms with Gasteiger partial charge < -0.3 is 9.64 Å². The van der Waals surface area contributed by atoms with Crippen LogP contribution in [0.15, 0.2) is 41.6 Å². The molecule has 2 aliphatic heterocycles. The Labute approximate surface area is 169 Å². The van der Waals surface area contributed by atoms with Crippen molar-refractivity contribution in [3.63, 3.8) is 0 Å². The number of rotatable bonds is 4. The maximum atomic E-state index is 13.2. The van der Waals surface area contributed by atoms with E-state index in [9.17, 15) is 4.79 Å². The third-order valence-electron chi connectivity index (χ3n) is 5.43. The summed E-state index contributed by atoms with van der Waals surface area (Å²) in [6.07, 6.45) is 5.60. The highest BCUT2D eigenvalue weighted by Crippen LogP contribution is 2.32. The number of aromatic nitrogens is 2. The maximum Gasteiger partial charge on any atom is 0.318 e. The lowest BCUT2D eigenvalue weighted by Gasteiger charge is -2.34. The van der Waals surface area contributed by atoms with E-state index in [1.165, 1.54) is 0 Å². The maximum absolute atomic E-state index is 13.2. The molecule has 0 saturated carbocycles. The van der Waals surface area contributed by atoms with Gasteiger partial charge in [-0.1, -0.05) is 12.1 Å². The standard InChI is InChI=1S/C21H22N6O2/c1-29-21-23-9-6-19(25-21)26-11-7-16(8-12-26)20(28)27-18(5-10-24-27)17-4-2-3-15(13-17)14-22/h2-4,6,9-10,13,16,18H,5,7-8,11-12H2,1H3/t18-/m0/s1. The molecule has 1 amide bonds. The fraction of sp³-hybridized carbons (Fsp3) is 0.381. The van der Waals surface area contributed by atoms with Crippen molar-refractivity contribution >= 4 is 17.9 Å². The van der Waals surface area contributed by atoms with Gasteiger partial charge in [0.2, 0.25) is 5.91 Å². The van der Waals surface area contributed by atoms with Gasteiger partial charge in [-0.25, -0.2) is 9.99 Å². The van der Waals surface area contributed by atoms with Crippen LogP contribution in [0.1, 0.15) is 36.4 Å². The highest BCUT2D eigenvalue weighted by molar-refractivity contribution is 5.82. The van der Waals surface area contributed by atoms with Crippen LogP contribution in [0.2, 0.25) is 0 Å². The summed E-state index contributed by atoms with van der Waals surface area (Å²) in [6.45, 7) is 1.48. The molecule has 2 aliphatic rings. The van der Waals surface area contributed by atoms with E-state index < -0.39 is 0 Å². The Bertz CT molecular complexity index is 962. The Morgan fingerprint density at radius 1 is 1.28 bits per heavy atom. The summed E-state index contributed by atoms with van der Waals surface area (Å²) >= 11 is 0. The molecule has 1 aromatic carbocycles. The van der Waals surface area contributed by atoms with Gasteiger partial charge in [0.25, 0.3) is 0 Å². The molecule has 8 heteroatoms. The van der Waals surface area contributed by atoms with Gasteiger partial charge in [0.15, 0.2) is 0 Å². The summed E-state index contributed by atoms with van der Waals surface area (Å²) in [5, 5.41) is 15.1. The predicted molar refractivity (Wildman–Crippen MR) is 107 cm³/mol. The minimum Gasteiger partial charge on any atom is -0.467 e. The first-order valence-corrected chi connectivity index (χ1v) is 9.67. The van der Waals surface area contributed by atoms with Crippen molar-refractivity contribution in [2.24, 2.45) is 11.0 Å². The van der Waals surface area contributed by atoms with Crippen LogP contribution in [-0.4, -0.2) is 47.3 Å². The van der Waals surface area contributed by atoms with E-state index in [1.807, 2.05) is 24.3 Å². The number of nitrogens with zero attached hydrogens (tertiary/aromatic N) is 6. The fourth-order valence-corrected chi connectivity index (χ4v) is 3.87. The van der Waals surface area contributed by atoms with Crippen LogP contribution >= 0.6 is 0 Å². The molecule has 1 aromatic heterocycles. The van der Waals surface area contributed by atoms with E-state index in [0.29, 0.717) is 18.0 Å². The lowest BCUT2D eigenvalue weighted by Crippen LogP contribution is -2.41. The summed E-state index contributed by atoms with van der Waals surface area (Å²) in [6, 6.07) is 11.6. The predicted octanol–water partition coefficient (Wildman–Crippen LogP) is 2.53. The summed E-state index contributed by atoms with van der Waals surface area (Å²) < 4.78 is 5.10. The highest BCUT2D eigenvalue weighted by Gasteiger charge is 2.35. The molecule has 0 aliphatic carbocycles. The number of anilines is 1. The van der Waals surface area contributed by atoms with E-state index in [-0.39, 0.29) is 17.9 Å². The van der Waals surface area contributed by atoms with E-state index in [0.717, 1.165) is 37.3 Å². The van der Waals surface area contributed by atoms with E-state index in [2.05, 4.69) is 26.0 Å². The minimum absolute atomic E-state index is 0.0472. The SMILES string of the molecule is COc1nccc(N2CCC(C(=O)N3N=CC[C@H]3c3cccc(C#N)c3)CC2)n1. The number of carbonyl (C=O) groups excluding carboxylic acids is 1. The van der Waals surface area contributed by atoms with Crippen molar-refractivity contribution in [2.75, 3.05) is 25.1 Å².